The number of hydrogen-bond donors (Lipinski definition) is 1. The maximum absolute atomic E-state index is 14.6. The molecule has 2 aromatic carbocycles. The van der Waals surface area contributed by atoms with Crippen molar-refractivity contribution < 1.29 is 33.3 Å². The molecular formula is C24H27FO6. The van der Waals surface area contributed by atoms with Crippen molar-refractivity contribution in [3.63, 3.8) is 0 Å². The third kappa shape index (κ3) is 7.22. The fraction of sp³-hybridized carbons (Fsp3) is 0.333. The highest BCUT2D eigenvalue weighted by molar-refractivity contribution is 5.87. The van der Waals surface area contributed by atoms with Crippen LogP contribution in [0.15, 0.2) is 54.6 Å². The van der Waals surface area contributed by atoms with Gasteiger partial charge in [-0.05, 0) is 36.8 Å². The molecule has 0 saturated carbocycles. The number of rotatable bonds is 8. The van der Waals surface area contributed by atoms with Crippen molar-refractivity contribution >= 4 is 11.9 Å². The molecular weight excluding hydrogens is 403 g/mol. The third-order valence-corrected chi connectivity index (χ3v) is 4.21. The number of hydrogen-bond acceptors (Lipinski definition) is 6. The molecule has 0 aliphatic heterocycles. The van der Waals surface area contributed by atoms with E-state index >= 15 is 0 Å². The molecule has 0 amide bonds. The first-order chi connectivity index (χ1) is 14.5. The van der Waals surface area contributed by atoms with Crippen molar-refractivity contribution in [2.24, 2.45) is 5.41 Å². The minimum absolute atomic E-state index is 0.0999. The van der Waals surface area contributed by atoms with Crippen molar-refractivity contribution in [2.45, 2.75) is 40.4 Å². The molecule has 2 aromatic rings. The molecule has 0 aromatic heterocycles. The fourth-order valence-corrected chi connectivity index (χ4v) is 2.34. The van der Waals surface area contributed by atoms with Gasteiger partial charge in [0.15, 0.2) is 0 Å². The Kier molecular flexibility index (Phi) is 7.94. The van der Waals surface area contributed by atoms with Crippen LogP contribution in [-0.2, 0) is 14.3 Å². The van der Waals surface area contributed by atoms with Crippen LogP contribution >= 0.6 is 0 Å². The van der Waals surface area contributed by atoms with E-state index in [-0.39, 0.29) is 30.1 Å². The standard InChI is InChI=1S/C24H27FO6/c1-15(2)22(27)29-13-12-21(26)30-17-8-6-16(7-9-17)19-11-10-18(14-20(19)25)31-23(28)24(3,4)5/h6-11,14,23,28H,1,12-13H2,2-5H3. The van der Waals surface area contributed by atoms with E-state index in [4.69, 9.17) is 14.2 Å². The molecule has 166 valence electrons. The van der Waals surface area contributed by atoms with Gasteiger partial charge in [-0.3, -0.25) is 4.79 Å². The number of ether oxygens (including phenoxy) is 3. The van der Waals surface area contributed by atoms with Gasteiger partial charge in [-0.1, -0.05) is 39.5 Å². The van der Waals surface area contributed by atoms with Gasteiger partial charge in [0.2, 0.25) is 6.29 Å². The first-order valence-electron chi connectivity index (χ1n) is 9.75. The van der Waals surface area contributed by atoms with Crippen LogP contribution in [0.5, 0.6) is 11.5 Å². The normalized spacial score (nSPS) is 12.1. The molecule has 31 heavy (non-hydrogen) atoms. The molecule has 7 heteroatoms. The fourth-order valence-electron chi connectivity index (χ4n) is 2.34. The maximum atomic E-state index is 14.6. The number of halogens is 1. The van der Waals surface area contributed by atoms with E-state index in [0.717, 1.165) is 0 Å². The van der Waals surface area contributed by atoms with Gasteiger partial charge in [-0.25, -0.2) is 9.18 Å². The zero-order valence-corrected chi connectivity index (χ0v) is 18.1. The Morgan fingerprint density at radius 2 is 1.71 bits per heavy atom. The van der Waals surface area contributed by atoms with Crippen LogP contribution in [0, 0.1) is 11.2 Å². The third-order valence-electron chi connectivity index (χ3n) is 4.21. The zero-order valence-electron chi connectivity index (χ0n) is 18.1. The second-order valence-electron chi connectivity index (χ2n) is 8.14. The highest BCUT2D eigenvalue weighted by Gasteiger charge is 2.24. The van der Waals surface area contributed by atoms with E-state index in [1.54, 1.807) is 36.4 Å². The SMILES string of the molecule is C=C(C)C(=O)OCCC(=O)Oc1ccc(-c2ccc(OC(O)C(C)(C)C)cc2F)cc1. The highest BCUT2D eigenvalue weighted by Crippen LogP contribution is 2.30. The Hall–Kier alpha value is -3.19. The van der Waals surface area contributed by atoms with E-state index in [1.165, 1.54) is 13.0 Å². The van der Waals surface area contributed by atoms with Crippen molar-refractivity contribution in [2.75, 3.05) is 6.61 Å². The summed E-state index contributed by atoms with van der Waals surface area (Å²) >= 11 is 0. The van der Waals surface area contributed by atoms with Gasteiger partial charge in [0.25, 0.3) is 0 Å². The predicted molar refractivity (Wildman–Crippen MR) is 114 cm³/mol. The average molecular weight is 430 g/mol. The second-order valence-corrected chi connectivity index (χ2v) is 8.14. The lowest BCUT2D eigenvalue weighted by molar-refractivity contribution is -0.142. The average Bonchev–Trinajstić information content (AvgIpc) is 2.68. The first-order valence-corrected chi connectivity index (χ1v) is 9.75. The summed E-state index contributed by atoms with van der Waals surface area (Å²) < 4.78 is 30.0. The van der Waals surface area contributed by atoms with Gasteiger partial charge in [0.1, 0.15) is 23.9 Å². The van der Waals surface area contributed by atoms with Gasteiger partial charge < -0.3 is 19.3 Å². The lowest BCUT2D eigenvalue weighted by Crippen LogP contribution is -2.31. The Morgan fingerprint density at radius 3 is 2.26 bits per heavy atom. The van der Waals surface area contributed by atoms with Crippen molar-refractivity contribution in [1.29, 1.82) is 0 Å². The molecule has 1 N–H and O–H groups in total. The van der Waals surface area contributed by atoms with Crippen molar-refractivity contribution in [3.8, 4) is 22.6 Å². The largest absolute Gasteiger partial charge is 0.464 e. The molecule has 0 spiro atoms. The number of esters is 2. The Balaban J connectivity index is 1.97. The van der Waals surface area contributed by atoms with E-state index in [2.05, 4.69) is 6.58 Å². The van der Waals surface area contributed by atoms with Gasteiger partial charge in [0.05, 0.1) is 6.42 Å². The Bertz CT molecular complexity index is 944. The predicted octanol–water partition coefficient (Wildman–Crippen LogP) is 4.65. The summed E-state index contributed by atoms with van der Waals surface area (Å²) in [5.41, 5.74) is 0.660. The van der Waals surface area contributed by atoms with E-state index in [0.29, 0.717) is 11.1 Å². The molecule has 6 nitrogen and oxygen atoms in total. The summed E-state index contributed by atoms with van der Waals surface area (Å²) in [6.45, 7) is 10.3. The molecule has 0 fully saturated rings. The van der Waals surface area contributed by atoms with Gasteiger partial charge in [-0.2, -0.15) is 0 Å². The molecule has 0 bridgehead atoms. The number of carbonyl (C=O) groups excluding carboxylic acids is 2. The molecule has 2 rings (SSSR count). The van der Waals surface area contributed by atoms with Crippen LogP contribution < -0.4 is 9.47 Å². The smallest absolute Gasteiger partial charge is 0.333 e. The van der Waals surface area contributed by atoms with E-state index in [9.17, 15) is 19.1 Å². The molecule has 0 aliphatic rings. The number of benzene rings is 2. The summed E-state index contributed by atoms with van der Waals surface area (Å²) in [6.07, 6.45) is -1.17. The lowest BCUT2D eigenvalue weighted by Gasteiger charge is -2.26. The van der Waals surface area contributed by atoms with Crippen molar-refractivity contribution in [1.82, 2.24) is 0 Å². The topological polar surface area (TPSA) is 82.1 Å². The molecule has 1 unspecified atom stereocenters. The molecule has 0 aliphatic carbocycles. The monoisotopic (exact) mass is 430 g/mol. The summed E-state index contributed by atoms with van der Waals surface area (Å²) in [4.78, 5) is 23.1. The second kappa shape index (κ2) is 10.2. The van der Waals surface area contributed by atoms with E-state index < -0.39 is 29.5 Å². The van der Waals surface area contributed by atoms with Crippen LogP contribution in [0.25, 0.3) is 11.1 Å². The molecule has 0 heterocycles. The molecule has 0 saturated heterocycles. The minimum atomic E-state index is -1.07. The number of aliphatic hydroxyl groups excluding tert-OH is 1. The van der Waals surface area contributed by atoms with Crippen LogP contribution in [-0.4, -0.2) is 29.9 Å². The quantitative estimate of drug-likeness (QED) is 0.284. The molecule has 0 radical (unpaired) electrons. The van der Waals surface area contributed by atoms with Crippen LogP contribution in [0.1, 0.15) is 34.1 Å². The minimum Gasteiger partial charge on any atom is -0.464 e. The number of carbonyl (C=O) groups is 2. The zero-order chi connectivity index (χ0) is 23.2. The van der Waals surface area contributed by atoms with Gasteiger partial charge >= 0.3 is 11.9 Å². The highest BCUT2D eigenvalue weighted by atomic mass is 19.1. The Labute approximate surface area is 181 Å². The lowest BCUT2D eigenvalue weighted by atomic mass is 9.96. The summed E-state index contributed by atoms with van der Waals surface area (Å²) in [5.74, 6) is -1.13. The van der Waals surface area contributed by atoms with Gasteiger partial charge in [0, 0.05) is 22.6 Å². The van der Waals surface area contributed by atoms with Crippen LogP contribution in [0.2, 0.25) is 0 Å². The molecule has 1 atom stereocenters. The van der Waals surface area contributed by atoms with Crippen LogP contribution in [0.3, 0.4) is 0 Å². The summed E-state index contributed by atoms with van der Waals surface area (Å²) in [5, 5.41) is 10.0. The number of aliphatic hydroxyl groups is 1. The Morgan fingerprint density at radius 1 is 1.10 bits per heavy atom. The summed E-state index contributed by atoms with van der Waals surface area (Å²) in [6, 6.07) is 10.7. The van der Waals surface area contributed by atoms with Gasteiger partial charge in [-0.15, -0.1) is 0 Å². The first kappa shape index (κ1) is 24.1. The van der Waals surface area contributed by atoms with Crippen molar-refractivity contribution in [3.05, 3.63) is 60.4 Å². The summed E-state index contributed by atoms with van der Waals surface area (Å²) in [7, 11) is 0. The van der Waals surface area contributed by atoms with E-state index in [1.807, 2.05) is 20.8 Å². The van der Waals surface area contributed by atoms with Crippen LogP contribution in [0.4, 0.5) is 4.39 Å². The maximum Gasteiger partial charge on any atom is 0.333 e.